The Morgan fingerprint density at radius 2 is 2.27 bits per heavy atom. The van der Waals surface area contributed by atoms with Crippen molar-refractivity contribution in [2.24, 2.45) is 5.92 Å². The van der Waals surface area contributed by atoms with Crippen LogP contribution < -0.4 is 5.32 Å². The number of hydrogen-bond donors (Lipinski definition) is 1. The minimum Gasteiger partial charge on any atom is -0.310 e. The molecule has 1 heterocycles. The van der Waals surface area contributed by atoms with Crippen LogP contribution in [0, 0.1) is 5.92 Å². The Morgan fingerprint density at radius 3 is 2.93 bits per heavy atom. The summed E-state index contributed by atoms with van der Waals surface area (Å²) in [6, 6.07) is 0. The van der Waals surface area contributed by atoms with Crippen LogP contribution in [0.15, 0.2) is 12.2 Å². The molecule has 1 saturated heterocycles. The molecule has 86 valence electrons. The van der Waals surface area contributed by atoms with E-state index in [0.29, 0.717) is 5.54 Å². The fourth-order valence-electron chi connectivity index (χ4n) is 2.68. The average molecular weight is 208 g/mol. The maximum atomic E-state index is 3.76. The molecule has 0 bridgehead atoms. The van der Waals surface area contributed by atoms with E-state index in [9.17, 15) is 0 Å². The monoisotopic (exact) mass is 208 g/mol. The van der Waals surface area contributed by atoms with Crippen molar-refractivity contribution in [3.63, 3.8) is 0 Å². The number of hydrogen-bond acceptors (Lipinski definition) is 2. The zero-order valence-corrected chi connectivity index (χ0v) is 10.1. The zero-order chi connectivity index (χ0) is 10.7. The van der Waals surface area contributed by atoms with Crippen LogP contribution in [-0.2, 0) is 0 Å². The van der Waals surface area contributed by atoms with Crippen LogP contribution >= 0.6 is 0 Å². The highest BCUT2D eigenvalue weighted by Gasteiger charge is 2.42. The van der Waals surface area contributed by atoms with Gasteiger partial charge in [-0.2, -0.15) is 0 Å². The molecule has 15 heavy (non-hydrogen) atoms. The maximum absolute atomic E-state index is 3.76. The van der Waals surface area contributed by atoms with Crippen LogP contribution in [0.4, 0.5) is 0 Å². The summed E-state index contributed by atoms with van der Waals surface area (Å²) >= 11 is 0. The first-order valence-corrected chi connectivity index (χ1v) is 6.33. The van der Waals surface area contributed by atoms with Gasteiger partial charge in [-0.1, -0.05) is 12.2 Å². The Balaban J connectivity index is 1.95. The van der Waals surface area contributed by atoms with E-state index in [-0.39, 0.29) is 0 Å². The summed E-state index contributed by atoms with van der Waals surface area (Å²) in [5.74, 6) is 0.934. The molecule has 1 aliphatic heterocycles. The summed E-state index contributed by atoms with van der Waals surface area (Å²) in [4.78, 5) is 2.60. The third-order valence-electron chi connectivity index (χ3n) is 3.81. The van der Waals surface area contributed by atoms with Crippen molar-refractivity contribution in [3.05, 3.63) is 12.2 Å². The van der Waals surface area contributed by atoms with E-state index in [0.717, 1.165) is 12.5 Å². The number of allylic oxidation sites excluding steroid dienone is 1. The van der Waals surface area contributed by atoms with Crippen molar-refractivity contribution in [1.82, 2.24) is 10.2 Å². The molecule has 2 rings (SSSR count). The lowest BCUT2D eigenvalue weighted by Crippen LogP contribution is -2.50. The van der Waals surface area contributed by atoms with Crippen LogP contribution in [-0.4, -0.2) is 36.6 Å². The van der Waals surface area contributed by atoms with Crippen molar-refractivity contribution < 1.29 is 0 Å². The third kappa shape index (κ3) is 2.82. The highest BCUT2D eigenvalue weighted by molar-refractivity contribution is 5.01. The van der Waals surface area contributed by atoms with Crippen LogP contribution in [0.5, 0.6) is 0 Å². The van der Waals surface area contributed by atoms with Crippen LogP contribution in [0.2, 0.25) is 0 Å². The van der Waals surface area contributed by atoms with Gasteiger partial charge < -0.3 is 5.32 Å². The molecule has 0 aromatic heterocycles. The summed E-state index contributed by atoms with van der Waals surface area (Å²) in [5.41, 5.74) is 0.387. The van der Waals surface area contributed by atoms with Gasteiger partial charge in [-0.05, 0) is 52.1 Å². The first-order chi connectivity index (χ1) is 7.24. The van der Waals surface area contributed by atoms with E-state index >= 15 is 0 Å². The van der Waals surface area contributed by atoms with Crippen LogP contribution in [0.25, 0.3) is 0 Å². The molecule has 0 spiro atoms. The molecule has 2 fully saturated rings. The molecular weight excluding hydrogens is 184 g/mol. The molecule has 1 atom stereocenters. The van der Waals surface area contributed by atoms with Gasteiger partial charge in [0.25, 0.3) is 0 Å². The van der Waals surface area contributed by atoms with Gasteiger partial charge >= 0.3 is 0 Å². The van der Waals surface area contributed by atoms with E-state index in [2.05, 4.69) is 36.2 Å². The number of nitrogens with one attached hydrogen (secondary N) is 1. The summed E-state index contributed by atoms with van der Waals surface area (Å²) < 4.78 is 0. The Labute approximate surface area is 93.7 Å². The van der Waals surface area contributed by atoms with E-state index in [1.165, 1.54) is 38.9 Å². The first kappa shape index (κ1) is 11.2. The zero-order valence-electron chi connectivity index (χ0n) is 10.1. The minimum atomic E-state index is 0.387. The van der Waals surface area contributed by atoms with Crippen LogP contribution in [0.3, 0.4) is 0 Å². The van der Waals surface area contributed by atoms with E-state index in [1.807, 2.05) is 0 Å². The van der Waals surface area contributed by atoms with Crippen molar-refractivity contribution in [3.8, 4) is 0 Å². The third-order valence-corrected chi connectivity index (χ3v) is 3.81. The lowest BCUT2D eigenvalue weighted by molar-refractivity contribution is 0.216. The smallest absolute Gasteiger partial charge is 0.0308 e. The average Bonchev–Trinajstić information content (AvgIpc) is 3.01. The molecule has 0 aromatic rings. The summed E-state index contributed by atoms with van der Waals surface area (Å²) in [6.07, 6.45) is 8.59. The summed E-state index contributed by atoms with van der Waals surface area (Å²) in [5, 5.41) is 3.76. The van der Waals surface area contributed by atoms with Crippen molar-refractivity contribution in [2.45, 2.75) is 38.6 Å². The predicted molar refractivity (Wildman–Crippen MR) is 65.0 cm³/mol. The lowest BCUT2D eigenvalue weighted by atomic mass is 9.95. The van der Waals surface area contributed by atoms with Gasteiger partial charge in [0.1, 0.15) is 0 Å². The molecule has 1 unspecified atom stereocenters. The maximum Gasteiger partial charge on any atom is 0.0308 e. The fourth-order valence-corrected chi connectivity index (χ4v) is 2.68. The highest BCUT2D eigenvalue weighted by Crippen LogP contribution is 2.40. The second kappa shape index (κ2) is 4.67. The minimum absolute atomic E-state index is 0.387. The second-order valence-electron chi connectivity index (χ2n) is 5.28. The van der Waals surface area contributed by atoms with Gasteiger partial charge in [0.2, 0.25) is 0 Å². The Hall–Kier alpha value is -0.340. The van der Waals surface area contributed by atoms with Crippen LogP contribution in [0.1, 0.15) is 33.1 Å². The Bertz CT molecular complexity index is 233. The van der Waals surface area contributed by atoms with Gasteiger partial charge in [0.15, 0.2) is 0 Å². The van der Waals surface area contributed by atoms with E-state index < -0.39 is 0 Å². The van der Waals surface area contributed by atoms with Crippen molar-refractivity contribution >= 4 is 0 Å². The molecule has 2 heteroatoms. The SMILES string of the molecule is C/C=C/CN1CCCNC(C)(C2CC2)C1. The van der Waals surface area contributed by atoms with Gasteiger partial charge in [-0.15, -0.1) is 0 Å². The fraction of sp³-hybridized carbons (Fsp3) is 0.846. The molecule has 2 nitrogen and oxygen atoms in total. The molecule has 1 saturated carbocycles. The second-order valence-corrected chi connectivity index (χ2v) is 5.28. The van der Waals surface area contributed by atoms with E-state index in [1.54, 1.807) is 0 Å². The normalized spacial score (nSPS) is 34.5. The number of nitrogens with zero attached hydrogens (tertiary/aromatic N) is 1. The molecular formula is C13H24N2. The molecule has 0 aromatic carbocycles. The van der Waals surface area contributed by atoms with E-state index in [4.69, 9.17) is 0 Å². The Morgan fingerprint density at radius 1 is 1.47 bits per heavy atom. The molecule has 0 amide bonds. The Kier molecular flexibility index (Phi) is 3.47. The molecule has 0 radical (unpaired) electrons. The standard InChI is InChI=1S/C13H24N2/c1-3-4-9-15-10-5-8-14-13(2,11-15)12-6-7-12/h3-4,12,14H,5-11H2,1-2H3/b4-3+. The summed E-state index contributed by atoms with van der Waals surface area (Å²) in [7, 11) is 0. The quantitative estimate of drug-likeness (QED) is 0.714. The highest BCUT2D eigenvalue weighted by atomic mass is 15.2. The number of rotatable bonds is 3. The predicted octanol–water partition coefficient (Wildman–Crippen LogP) is 2.03. The molecule has 2 aliphatic rings. The van der Waals surface area contributed by atoms with Crippen molar-refractivity contribution in [2.75, 3.05) is 26.2 Å². The first-order valence-electron chi connectivity index (χ1n) is 6.33. The van der Waals surface area contributed by atoms with Gasteiger partial charge in [-0.25, -0.2) is 0 Å². The largest absolute Gasteiger partial charge is 0.310 e. The topological polar surface area (TPSA) is 15.3 Å². The van der Waals surface area contributed by atoms with Crippen molar-refractivity contribution in [1.29, 1.82) is 0 Å². The van der Waals surface area contributed by atoms with Gasteiger partial charge in [0, 0.05) is 18.6 Å². The van der Waals surface area contributed by atoms with Gasteiger partial charge in [0.05, 0.1) is 0 Å². The molecule has 1 aliphatic carbocycles. The summed E-state index contributed by atoms with van der Waals surface area (Å²) in [6.45, 7) is 9.32. The van der Waals surface area contributed by atoms with Gasteiger partial charge in [-0.3, -0.25) is 4.90 Å². The molecule has 1 N–H and O–H groups in total. The lowest BCUT2D eigenvalue weighted by Gasteiger charge is -2.33.